The van der Waals surface area contributed by atoms with Crippen molar-refractivity contribution in [1.29, 1.82) is 0 Å². The van der Waals surface area contributed by atoms with Crippen LogP contribution in [0.3, 0.4) is 0 Å². The third-order valence-corrected chi connectivity index (χ3v) is 7.70. The molecule has 0 aliphatic heterocycles. The number of carbonyl (C=O) groups excluding carboxylic acids is 1. The van der Waals surface area contributed by atoms with Crippen molar-refractivity contribution in [3.63, 3.8) is 0 Å². The summed E-state index contributed by atoms with van der Waals surface area (Å²) in [5, 5.41) is 21.0. The second kappa shape index (κ2) is 8.61. The van der Waals surface area contributed by atoms with Gasteiger partial charge in [0.1, 0.15) is 5.60 Å². The zero-order valence-electron chi connectivity index (χ0n) is 21.7. The van der Waals surface area contributed by atoms with Crippen LogP contribution >= 0.6 is 11.3 Å². The number of amides is 1. The molecule has 1 saturated carbocycles. The van der Waals surface area contributed by atoms with Crippen LogP contribution in [-0.2, 0) is 10.3 Å². The van der Waals surface area contributed by atoms with Crippen molar-refractivity contribution in [2.45, 2.75) is 57.3 Å². The number of fused-ring (bicyclic) bond motifs is 3. The topological polar surface area (TPSA) is 102 Å². The monoisotopic (exact) mass is 527 g/mol. The van der Waals surface area contributed by atoms with E-state index in [1.165, 1.54) is 0 Å². The predicted molar refractivity (Wildman–Crippen MR) is 148 cm³/mol. The van der Waals surface area contributed by atoms with Crippen molar-refractivity contribution in [2.75, 3.05) is 0 Å². The minimum absolute atomic E-state index is 0.400. The predicted octanol–water partition coefficient (Wildman–Crippen LogP) is 5.94. The van der Waals surface area contributed by atoms with Gasteiger partial charge in [-0.25, -0.2) is 14.8 Å². The summed E-state index contributed by atoms with van der Waals surface area (Å²) in [6.07, 6.45) is 3.85. The highest BCUT2D eigenvalue weighted by Gasteiger charge is 2.53. The van der Waals surface area contributed by atoms with Gasteiger partial charge in [0.2, 0.25) is 0 Å². The Bertz CT molecular complexity index is 1640. The van der Waals surface area contributed by atoms with Crippen LogP contribution in [0.1, 0.15) is 46.1 Å². The average Bonchev–Trinajstić information content (AvgIpc) is 3.53. The molecule has 0 radical (unpaired) electrons. The molecule has 0 bridgehead atoms. The molecule has 2 N–H and O–H groups in total. The molecule has 9 heteroatoms. The molecule has 1 fully saturated rings. The first kappa shape index (κ1) is 24.5. The van der Waals surface area contributed by atoms with Crippen molar-refractivity contribution in [2.24, 2.45) is 0 Å². The van der Waals surface area contributed by atoms with E-state index < -0.39 is 22.8 Å². The van der Waals surface area contributed by atoms with Crippen LogP contribution in [0, 0.1) is 0 Å². The average molecular weight is 528 g/mol. The highest BCUT2D eigenvalue weighted by Crippen LogP contribution is 2.49. The quantitative estimate of drug-likeness (QED) is 0.300. The van der Waals surface area contributed by atoms with Gasteiger partial charge in [0.05, 0.1) is 23.0 Å². The molecule has 38 heavy (non-hydrogen) atoms. The fourth-order valence-corrected chi connectivity index (χ4v) is 6.12. The summed E-state index contributed by atoms with van der Waals surface area (Å²) in [4.78, 5) is 23.4. The number of carbonyl (C=O) groups is 1. The van der Waals surface area contributed by atoms with Gasteiger partial charge in [-0.1, -0.05) is 30.3 Å². The normalized spacial score (nSPS) is 21.4. The van der Waals surface area contributed by atoms with Crippen molar-refractivity contribution < 1.29 is 14.6 Å². The number of rotatable bonds is 4. The minimum Gasteiger partial charge on any atom is -0.444 e. The van der Waals surface area contributed by atoms with E-state index in [0.29, 0.717) is 12.8 Å². The van der Waals surface area contributed by atoms with Crippen molar-refractivity contribution in [3.05, 3.63) is 71.9 Å². The van der Waals surface area contributed by atoms with Crippen molar-refractivity contribution in [1.82, 2.24) is 24.9 Å². The summed E-state index contributed by atoms with van der Waals surface area (Å²) < 4.78 is 7.28. The standard InChI is InChI=1S/C29H29N5O3S/c1-27(2,3)37-26(35)33-29(16-28(4,36)17-29)20-9-7-18(8-10-20)24-21(22-6-5-13-38-22)14-19-15-30-23-11-12-31-34(23)25(19)32-24/h5-15,36H,16-17H2,1-4H3,(H,33,35). The van der Waals surface area contributed by atoms with E-state index >= 15 is 0 Å². The first-order valence-corrected chi connectivity index (χ1v) is 13.4. The molecule has 0 atom stereocenters. The molecule has 8 nitrogen and oxygen atoms in total. The summed E-state index contributed by atoms with van der Waals surface area (Å²) in [5.74, 6) is 0. The number of alkyl carbamates (subject to hydrolysis) is 1. The Hall–Kier alpha value is -3.82. The van der Waals surface area contributed by atoms with Gasteiger partial charge in [0.15, 0.2) is 11.3 Å². The van der Waals surface area contributed by atoms with E-state index in [4.69, 9.17) is 9.72 Å². The summed E-state index contributed by atoms with van der Waals surface area (Å²) in [6, 6.07) is 16.1. The molecule has 6 rings (SSSR count). The summed E-state index contributed by atoms with van der Waals surface area (Å²) in [5.41, 5.74) is 3.00. The van der Waals surface area contributed by atoms with E-state index in [-0.39, 0.29) is 0 Å². The van der Waals surface area contributed by atoms with E-state index in [9.17, 15) is 9.90 Å². The SMILES string of the molecule is CC1(O)CC(NC(=O)OC(C)(C)C)(c2ccc(-c3nc4c(cnc5ccnn54)cc3-c3cccs3)cc2)C1. The maximum absolute atomic E-state index is 12.7. The van der Waals surface area contributed by atoms with Crippen LogP contribution in [0.15, 0.2) is 66.3 Å². The van der Waals surface area contributed by atoms with Crippen LogP contribution in [0.25, 0.3) is 38.4 Å². The number of thiophene rings is 1. The van der Waals surface area contributed by atoms with E-state index in [2.05, 4.69) is 32.9 Å². The van der Waals surface area contributed by atoms with Crippen LogP contribution in [0.2, 0.25) is 0 Å². The number of hydrogen-bond acceptors (Lipinski definition) is 7. The molecule has 4 aromatic heterocycles. The van der Waals surface area contributed by atoms with E-state index in [1.54, 1.807) is 29.0 Å². The molecule has 1 aliphatic rings. The Balaban J connectivity index is 1.42. The van der Waals surface area contributed by atoms with Crippen LogP contribution in [0.4, 0.5) is 4.79 Å². The zero-order chi connectivity index (χ0) is 26.7. The molecule has 0 unspecified atom stereocenters. The lowest BCUT2D eigenvalue weighted by molar-refractivity contribution is -0.0892. The van der Waals surface area contributed by atoms with Crippen molar-refractivity contribution >= 4 is 34.1 Å². The third kappa shape index (κ3) is 4.41. The number of pyridine rings is 1. The molecular formula is C29H29N5O3S. The highest BCUT2D eigenvalue weighted by molar-refractivity contribution is 7.13. The summed E-state index contributed by atoms with van der Waals surface area (Å²) in [7, 11) is 0. The van der Waals surface area contributed by atoms with Gasteiger partial charge in [0, 0.05) is 46.5 Å². The lowest BCUT2D eigenvalue weighted by Crippen LogP contribution is -2.62. The number of nitrogens with zero attached hydrogens (tertiary/aromatic N) is 4. The molecule has 5 aromatic rings. The lowest BCUT2D eigenvalue weighted by Gasteiger charge is -2.52. The highest BCUT2D eigenvalue weighted by atomic mass is 32.1. The van der Waals surface area contributed by atoms with Gasteiger partial charge in [-0.15, -0.1) is 11.3 Å². The van der Waals surface area contributed by atoms with Gasteiger partial charge in [-0.2, -0.15) is 9.61 Å². The van der Waals surface area contributed by atoms with E-state index in [1.807, 2.05) is 63.4 Å². The summed E-state index contributed by atoms with van der Waals surface area (Å²) in [6.45, 7) is 7.28. The zero-order valence-corrected chi connectivity index (χ0v) is 22.5. The van der Waals surface area contributed by atoms with E-state index in [0.717, 1.165) is 43.9 Å². The third-order valence-electron chi connectivity index (χ3n) is 6.79. The smallest absolute Gasteiger partial charge is 0.408 e. The first-order chi connectivity index (χ1) is 18.0. The van der Waals surface area contributed by atoms with Crippen molar-refractivity contribution in [3.8, 4) is 21.7 Å². The van der Waals surface area contributed by atoms with Gasteiger partial charge in [-0.05, 0) is 50.8 Å². The molecule has 1 aromatic carbocycles. The number of aromatic nitrogens is 4. The second-order valence-corrected chi connectivity index (χ2v) is 12.2. The molecule has 1 aliphatic carbocycles. The Morgan fingerprint density at radius 2 is 1.92 bits per heavy atom. The maximum Gasteiger partial charge on any atom is 0.408 e. The van der Waals surface area contributed by atoms with Gasteiger partial charge in [-0.3, -0.25) is 0 Å². The Morgan fingerprint density at radius 3 is 2.58 bits per heavy atom. The summed E-state index contributed by atoms with van der Waals surface area (Å²) >= 11 is 1.66. The molecule has 0 saturated heterocycles. The lowest BCUT2D eigenvalue weighted by atomic mass is 9.62. The number of hydrogen-bond donors (Lipinski definition) is 2. The first-order valence-electron chi connectivity index (χ1n) is 12.5. The number of aliphatic hydroxyl groups is 1. The van der Waals surface area contributed by atoms with Gasteiger partial charge in [0.25, 0.3) is 0 Å². The van der Waals surface area contributed by atoms with Crippen LogP contribution in [0.5, 0.6) is 0 Å². The maximum atomic E-state index is 12.7. The largest absolute Gasteiger partial charge is 0.444 e. The van der Waals surface area contributed by atoms with Gasteiger partial charge >= 0.3 is 6.09 Å². The second-order valence-electron chi connectivity index (χ2n) is 11.3. The number of ether oxygens (including phenoxy) is 1. The van der Waals surface area contributed by atoms with Crippen LogP contribution < -0.4 is 5.32 Å². The molecular weight excluding hydrogens is 498 g/mol. The fourth-order valence-electron chi connectivity index (χ4n) is 5.38. The number of benzene rings is 1. The Kier molecular flexibility index (Phi) is 5.55. The molecule has 4 heterocycles. The van der Waals surface area contributed by atoms with Crippen LogP contribution in [-0.4, -0.2) is 42.0 Å². The molecule has 0 spiro atoms. The minimum atomic E-state index is -0.858. The fraction of sp³-hybridized carbons (Fsp3) is 0.310. The van der Waals surface area contributed by atoms with Gasteiger partial charge < -0.3 is 15.2 Å². The Labute approximate surface area is 224 Å². The molecule has 194 valence electrons. The Morgan fingerprint density at radius 1 is 1.16 bits per heavy atom. The number of nitrogens with one attached hydrogen (secondary N) is 1. The molecule has 1 amide bonds.